The molecule has 0 aromatic heterocycles. The lowest BCUT2D eigenvalue weighted by Gasteiger charge is -2.34. The Bertz CT molecular complexity index is 1090. The molecule has 5 heteroatoms. The summed E-state index contributed by atoms with van der Waals surface area (Å²) >= 11 is 0. The van der Waals surface area contributed by atoms with E-state index in [0.717, 1.165) is 32.1 Å². The average molecular weight is 569 g/mol. The summed E-state index contributed by atoms with van der Waals surface area (Å²) in [6.07, 6.45) is 9.47. The lowest BCUT2D eigenvalue weighted by atomic mass is 9.68. The van der Waals surface area contributed by atoms with Crippen molar-refractivity contribution < 1.29 is 24.0 Å². The van der Waals surface area contributed by atoms with Gasteiger partial charge >= 0.3 is 0 Å². The van der Waals surface area contributed by atoms with E-state index in [1.165, 1.54) is 13.3 Å². The van der Waals surface area contributed by atoms with E-state index in [4.69, 9.17) is 0 Å². The molecule has 5 atom stereocenters. The Labute approximate surface area is 248 Å². The van der Waals surface area contributed by atoms with Crippen LogP contribution in [0.4, 0.5) is 0 Å². The second kappa shape index (κ2) is 10.8. The van der Waals surface area contributed by atoms with Gasteiger partial charge in [0.25, 0.3) is 0 Å². The van der Waals surface area contributed by atoms with Gasteiger partial charge in [0.2, 0.25) is 5.78 Å². The third-order valence-corrected chi connectivity index (χ3v) is 12.4. The molecule has 4 fully saturated rings. The Morgan fingerprint density at radius 3 is 1.80 bits per heavy atom. The fourth-order valence-corrected chi connectivity index (χ4v) is 9.63. The van der Waals surface area contributed by atoms with Gasteiger partial charge in [-0.25, -0.2) is 0 Å². The van der Waals surface area contributed by atoms with E-state index >= 15 is 0 Å². The smallest absolute Gasteiger partial charge is 0.201 e. The van der Waals surface area contributed by atoms with Gasteiger partial charge in [-0.3, -0.25) is 24.0 Å². The molecular formula is C36H56O5. The molecule has 0 N–H and O–H groups in total. The monoisotopic (exact) mass is 568 g/mol. The number of ketones is 5. The molecule has 4 rings (SSSR count). The lowest BCUT2D eigenvalue weighted by Crippen LogP contribution is -2.39. The molecular weight excluding hydrogens is 512 g/mol. The van der Waals surface area contributed by atoms with E-state index in [2.05, 4.69) is 13.8 Å². The van der Waals surface area contributed by atoms with Crippen LogP contribution in [0.3, 0.4) is 0 Å². The van der Waals surface area contributed by atoms with Crippen molar-refractivity contribution in [1.82, 2.24) is 0 Å². The molecule has 2 spiro atoms. The molecule has 0 bridgehead atoms. The number of rotatable bonds is 12. The van der Waals surface area contributed by atoms with E-state index < -0.39 is 40.7 Å². The van der Waals surface area contributed by atoms with Crippen LogP contribution in [0, 0.1) is 56.7 Å². The lowest BCUT2D eigenvalue weighted by molar-refractivity contribution is -0.141. The van der Waals surface area contributed by atoms with Crippen molar-refractivity contribution in [3.8, 4) is 0 Å². The fraction of sp³-hybridized carbons (Fsp3) is 0.861. The van der Waals surface area contributed by atoms with Gasteiger partial charge in [-0.15, -0.1) is 0 Å². The van der Waals surface area contributed by atoms with E-state index in [0.29, 0.717) is 31.6 Å². The quantitative estimate of drug-likeness (QED) is 0.225. The average Bonchev–Trinajstić information content (AvgIpc) is 3.01. The van der Waals surface area contributed by atoms with Crippen molar-refractivity contribution in [2.45, 2.75) is 139 Å². The molecule has 230 valence electrons. The van der Waals surface area contributed by atoms with Crippen LogP contribution < -0.4 is 0 Å². The summed E-state index contributed by atoms with van der Waals surface area (Å²) in [5.41, 5.74) is -0.311. The Balaban J connectivity index is 1.63. The maximum Gasteiger partial charge on any atom is 0.201 e. The first-order chi connectivity index (χ1) is 18.8. The highest BCUT2D eigenvalue weighted by atomic mass is 16.2. The highest BCUT2D eigenvalue weighted by Crippen LogP contribution is 2.90. The molecule has 0 heterocycles. The summed E-state index contributed by atoms with van der Waals surface area (Å²) in [4.78, 5) is 67.1. The standard InChI is InChI=1S/C36H56O5/c1-22(37)30(40)24(16-23-12-10-13-23)17-29(39)26-20-36(34(8,9)35(36)14-11-15-35)21-27(26)31(41)28(33(5,6)7)18-25(38)19-32(2,3)4/h23-24,26-28H,10-21H2,1-9H3. The number of carbonyl (C=O) groups excluding carboxylic acids is 5. The second-order valence-corrected chi connectivity index (χ2v) is 17.4. The van der Waals surface area contributed by atoms with Gasteiger partial charge in [0, 0.05) is 49.9 Å². The van der Waals surface area contributed by atoms with E-state index in [-0.39, 0.29) is 51.9 Å². The molecule has 5 nitrogen and oxygen atoms in total. The third-order valence-electron chi connectivity index (χ3n) is 12.4. The Kier molecular flexibility index (Phi) is 8.51. The van der Waals surface area contributed by atoms with Gasteiger partial charge in [0.1, 0.15) is 17.3 Å². The van der Waals surface area contributed by atoms with Crippen LogP contribution in [0.25, 0.3) is 0 Å². The fourth-order valence-electron chi connectivity index (χ4n) is 9.63. The SMILES string of the molecule is CC(=O)C(=O)C(CC(=O)C1CC2(CC1C(=O)C(CC(=O)CC(C)(C)C)C(C)(C)C)C(C)(C)C21CCC1)CC1CCC1. The Morgan fingerprint density at radius 2 is 1.39 bits per heavy atom. The van der Waals surface area contributed by atoms with Crippen LogP contribution >= 0.6 is 0 Å². The normalized spacial score (nSPS) is 29.9. The van der Waals surface area contributed by atoms with Crippen LogP contribution in [0.1, 0.15) is 139 Å². The van der Waals surface area contributed by atoms with Crippen molar-refractivity contribution in [2.75, 3.05) is 0 Å². The summed E-state index contributed by atoms with van der Waals surface area (Å²) in [7, 11) is 0. The summed E-state index contributed by atoms with van der Waals surface area (Å²) in [6, 6.07) is 0. The molecule has 0 saturated heterocycles. The second-order valence-electron chi connectivity index (χ2n) is 17.4. The molecule has 0 aromatic carbocycles. The molecule has 4 aliphatic carbocycles. The highest BCUT2D eigenvalue weighted by Gasteiger charge is 2.84. The van der Waals surface area contributed by atoms with Gasteiger partial charge in [-0.05, 0) is 65.1 Å². The molecule has 0 amide bonds. The van der Waals surface area contributed by atoms with Crippen molar-refractivity contribution >= 4 is 28.9 Å². The zero-order valence-electron chi connectivity index (χ0n) is 27.4. The van der Waals surface area contributed by atoms with E-state index in [9.17, 15) is 24.0 Å². The number of fused-ring (bicyclic) bond motifs is 1. The van der Waals surface area contributed by atoms with E-state index in [1.54, 1.807) is 0 Å². The summed E-state index contributed by atoms with van der Waals surface area (Å²) in [6.45, 7) is 18.2. The van der Waals surface area contributed by atoms with Gasteiger partial charge in [0.05, 0.1) is 0 Å². The molecule has 4 saturated carbocycles. The minimum Gasteiger partial charge on any atom is -0.300 e. The minimum absolute atomic E-state index is 0.00926. The molecule has 0 aromatic rings. The number of carbonyl (C=O) groups is 5. The Morgan fingerprint density at radius 1 is 0.805 bits per heavy atom. The van der Waals surface area contributed by atoms with E-state index in [1.807, 2.05) is 41.5 Å². The predicted molar refractivity (Wildman–Crippen MR) is 161 cm³/mol. The van der Waals surface area contributed by atoms with Crippen molar-refractivity contribution in [3.05, 3.63) is 0 Å². The molecule has 0 aliphatic heterocycles. The van der Waals surface area contributed by atoms with Crippen molar-refractivity contribution in [3.63, 3.8) is 0 Å². The Hall–Kier alpha value is -1.65. The molecule has 4 aliphatic rings. The van der Waals surface area contributed by atoms with Crippen molar-refractivity contribution in [1.29, 1.82) is 0 Å². The first kappa shape index (κ1) is 32.3. The van der Waals surface area contributed by atoms with Crippen LogP contribution in [0.5, 0.6) is 0 Å². The van der Waals surface area contributed by atoms with Gasteiger partial charge < -0.3 is 0 Å². The maximum absolute atomic E-state index is 14.6. The highest BCUT2D eigenvalue weighted by molar-refractivity contribution is 6.37. The first-order valence-corrected chi connectivity index (χ1v) is 16.4. The summed E-state index contributed by atoms with van der Waals surface area (Å²) in [5.74, 6) is -2.21. The molecule has 5 unspecified atom stereocenters. The van der Waals surface area contributed by atoms with Gasteiger partial charge in [-0.2, -0.15) is 0 Å². The topological polar surface area (TPSA) is 85.3 Å². The van der Waals surface area contributed by atoms with Crippen LogP contribution in [0.2, 0.25) is 0 Å². The third kappa shape index (κ3) is 5.69. The van der Waals surface area contributed by atoms with Crippen molar-refractivity contribution in [2.24, 2.45) is 56.7 Å². The minimum atomic E-state index is -0.575. The van der Waals surface area contributed by atoms with Gasteiger partial charge in [-0.1, -0.05) is 81.1 Å². The first-order valence-electron chi connectivity index (χ1n) is 16.4. The summed E-state index contributed by atoms with van der Waals surface area (Å²) in [5, 5.41) is 0. The number of hydrogen-bond donors (Lipinski definition) is 0. The largest absolute Gasteiger partial charge is 0.300 e. The molecule has 41 heavy (non-hydrogen) atoms. The number of hydrogen-bond acceptors (Lipinski definition) is 5. The summed E-state index contributed by atoms with van der Waals surface area (Å²) < 4.78 is 0. The maximum atomic E-state index is 14.6. The zero-order chi connectivity index (χ0) is 30.8. The van der Waals surface area contributed by atoms with Crippen LogP contribution in [-0.4, -0.2) is 28.9 Å². The zero-order valence-corrected chi connectivity index (χ0v) is 27.4. The van der Waals surface area contributed by atoms with Crippen LogP contribution in [0.15, 0.2) is 0 Å². The van der Waals surface area contributed by atoms with Gasteiger partial charge in [0.15, 0.2) is 5.78 Å². The van der Waals surface area contributed by atoms with Crippen LogP contribution in [-0.2, 0) is 24.0 Å². The molecule has 0 radical (unpaired) electrons. The number of Topliss-reactive ketones (excluding diaryl/α,β-unsaturated/α-hetero) is 5. The predicted octanol–water partition coefficient (Wildman–Crippen LogP) is 7.76.